The number of nitrogens with two attached hydrogens (primary N) is 1. The predicted octanol–water partition coefficient (Wildman–Crippen LogP) is 3.57. The first kappa shape index (κ1) is 17.4. The van der Waals surface area contributed by atoms with Crippen molar-refractivity contribution in [3.05, 3.63) is 23.2 Å². The zero-order valence-corrected chi connectivity index (χ0v) is 14.6. The Kier molecular flexibility index (Phi) is 6.83. The first-order valence-corrected chi connectivity index (χ1v) is 9.49. The highest BCUT2D eigenvalue weighted by Crippen LogP contribution is 2.23. The van der Waals surface area contributed by atoms with Crippen LogP contribution in [-0.2, 0) is 5.75 Å². The molecule has 124 valence electrons. The van der Waals surface area contributed by atoms with E-state index < -0.39 is 0 Å². The van der Waals surface area contributed by atoms with Gasteiger partial charge < -0.3 is 15.1 Å². The van der Waals surface area contributed by atoms with Crippen molar-refractivity contribution in [3.8, 4) is 0 Å². The fourth-order valence-electron chi connectivity index (χ4n) is 2.71. The Balaban J connectivity index is 1.97. The molecule has 1 amide bonds. The van der Waals surface area contributed by atoms with E-state index in [1.165, 1.54) is 12.8 Å². The zero-order chi connectivity index (χ0) is 15.9. The summed E-state index contributed by atoms with van der Waals surface area (Å²) in [6.07, 6.45) is 5.58. The molecule has 1 aliphatic heterocycles. The third-order valence-electron chi connectivity index (χ3n) is 4.13. The lowest BCUT2D eigenvalue weighted by molar-refractivity contribution is 0.0721. The molecule has 1 saturated heterocycles. The maximum atomic E-state index is 12.6. The molecule has 22 heavy (non-hydrogen) atoms. The summed E-state index contributed by atoms with van der Waals surface area (Å²) in [5.41, 5.74) is 7.18. The highest BCUT2D eigenvalue weighted by molar-refractivity contribution is 7.98. The largest absolute Gasteiger partial charge is 0.456 e. The lowest BCUT2D eigenvalue weighted by Gasteiger charge is -2.21. The Morgan fingerprint density at radius 1 is 1.50 bits per heavy atom. The molecule has 5 heteroatoms. The van der Waals surface area contributed by atoms with E-state index in [1.54, 1.807) is 0 Å². The van der Waals surface area contributed by atoms with Crippen LogP contribution in [0.15, 0.2) is 10.5 Å². The number of hydrogen-bond donors (Lipinski definition) is 1. The number of hydrogen-bond acceptors (Lipinski definition) is 4. The molecule has 2 heterocycles. The van der Waals surface area contributed by atoms with Gasteiger partial charge in [-0.2, -0.15) is 11.8 Å². The lowest BCUT2D eigenvalue weighted by atomic mass is 10.2. The number of amides is 1. The fraction of sp³-hybridized carbons (Fsp3) is 0.706. The van der Waals surface area contributed by atoms with Gasteiger partial charge in [0.25, 0.3) is 5.91 Å². The molecular weight excluding hydrogens is 296 g/mol. The fourth-order valence-corrected chi connectivity index (χ4v) is 3.86. The molecule has 0 radical (unpaired) electrons. The van der Waals surface area contributed by atoms with Crippen molar-refractivity contribution in [2.75, 3.05) is 18.8 Å². The van der Waals surface area contributed by atoms with E-state index in [-0.39, 0.29) is 11.9 Å². The molecule has 1 aromatic heterocycles. The number of carbonyl (C=O) groups is 1. The third kappa shape index (κ3) is 4.78. The molecule has 4 nitrogen and oxygen atoms in total. The average molecular weight is 324 g/mol. The number of thioether (sulfide) groups is 1. The van der Waals surface area contributed by atoms with E-state index in [9.17, 15) is 4.79 Å². The van der Waals surface area contributed by atoms with Crippen molar-refractivity contribution >= 4 is 17.7 Å². The van der Waals surface area contributed by atoms with Crippen molar-refractivity contribution < 1.29 is 9.21 Å². The Morgan fingerprint density at radius 2 is 2.32 bits per heavy atom. The van der Waals surface area contributed by atoms with Crippen LogP contribution in [0.25, 0.3) is 0 Å². The van der Waals surface area contributed by atoms with E-state index in [1.807, 2.05) is 29.7 Å². The van der Waals surface area contributed by atoms with Crippen molar-refractivity contribution in [2.24, 2.45) is 5.73 Å². The molecule has 0 bridgehead atoms. The molecule has 1 aromatic rings. The molecule has 1 atom stereocenters. The highest BCUT2D eigenvalue weighted by Gasteiger charge is 2.24. The number of likely N-dealkylation sites (tertiary alicyclic amines) is 1. The molecule has 0 spiro atoms. The maximum Gasteiger partial charge on any atom is 0.289 e. The Hall–Kier alpha value is -0.940. The van der Waals surface area contributed by atoms with Crippen molar-refractivity contribution in [2.45, 2.75) is 57.7 Å². The van der Waals surface area contributed by atoms with E-state index in [4.69, 9.17) is 10.2 Å². The molecule has 1 aliphatic rings. The van der Waals surface area contributed by atoms with Gasteiger partial charge in [0.2, 0.25) is 0 Å². The van der Waals surface area contributed by atoms with Gasteiger partial charge in [0.05, 0.1) is 0 Å². The maximum absolute atomic E-state index is 12.6. The van der Waals surface area contributed by atoms with Crippen LogP contribution >= 0.6 is 11.8 Å². The number of nitrogens with zero attached hydrogens (tertiary/aromatic N) is 1. The zero-order valence-electron chi connectivity index (χ0n) is 13.8. The van der Waals surface area contributed by atoms with Crippen LogP contribution in [0.4, 0.5) is 0 Å². The first-order valence-electron chi connectivity index (χ1n) is 8.33. The topological polar surface area (TPSA) is 59.5 Å². The van der Waals surface area contributed by atoms with Gasteiger partial charge in [-0.05, 0) is 38.0 Å². The third-order valence-corrected chi connectivity index (χ3v) is 5.22. The van der Waals surface area contributed by atoms with Crippen molar-refractivity contribution in [1.82, 2.24) is 4.90 Å². The standard InChI is InChI=1S/C17H28N2O2S/c1-3-4-9-22-12-14-10-16(21-13(14)2)17(20)19-8-6-5-7-15(18)11-19/h10,15H,3-9,11-12,18H2,1-2H3/t15-/m0/s1. The quantitative estimate of drug-likeness (QED) is 0.813. The molecule has 2 N–H and O–H groups in total. The smallest absolute Gasteiger partial charge is 0.289 e. The molecule has 0 unspecified atom stereocenters. The highest BCUT2D eigenvalue weighted by atomic mass is 32.2. The summed E-state index contributed by atoms with van der Waals surface area (Å²) in [5, 5.41) is 0. The van der Waals surface area contributed by atoms with Crippen LogP contribution in [0, 0.1) is 6.92 Å². The summed E-state index contributed by atoms with van der Waals surface area (Å²) in [4.78, 5) is 14.5. The summed E-state index contributed by atoms with van der Waals surface area (Å²) in [7, 11) is 0. The van der Waals surface area contributed by atoms with Gasteiger partial charge in [-0.15, -0.1) is 0 Å². The average Bonchev–Trinajstić information content (AvgIpc) is 2.72. The number of carbonyl (C=O) groups excluding carboxylic acids is 1. The summed E-state index contributed by atoms with van der Waals surface area (Å²) in [6.45, 7) is 5.57. The van der Waals surface area contributed by atoms with Crippen LogP contribution < -0.4 is 5.73 Å². The van der Waals surface area contributed by atoms with E-state index in [0.717, 1.165) is 48.6 Å². The van der Waals surface area contributed by atoms with Crippen LogP contribution in [0.2, 0.25) is 0 Å². The minimum atomic E-state index is -0.00902. The van der Waals surface area contributed by atoms with Gasteiger partial charge in [-0.25, -0.2) is 0 Å². The van der Waals surface area contributed by atoms with E-state index in [2.05, 4.69) is 6.92 Å². The summed E-state index contributed by atoms with van der Waals surface area (Å²) < 4.78 is 5.72. The van der Waals surface area contributed by atoms with Gasteiger partial charge in [0, 0.05) is 30.4 Å². The number of unbranched alkanes of at least 4 members (excludes halogenated alkanes) is 1. The summed E-state index contributed by atoms with van der Waals surface area (Å²) >= 11 is 1.90. The van der Waals surface area contributed by atoms with Gasteiger partial charge in [0.1, 0.15) is 5.76 Å². The van der Waals surface area contributed by atoms with Gasteiger partial charge in [0.15, 0.2) is 5.76 Å². The monoisotopic (exact) mass is 324 g/mol. The normalized spacial score (nSPS) is 19.2. The summed E-state index contributed by atoms with van der Waals surface area (Å²) in [6, 6.07) is 2.01. The van der Waals surface area contributed by atoms with E-state index in [0.29, 0.717) is 12.3 Å². The van der Waals surface area contributed by atoms with Gasteiger partial charge in [-0.3, -0.25) is 4.79 Å². The molecule has 0 saturated carbocycles. The Labute approximate surface area is 137 Å². The predicted molar refractivity (Wildman–Crippen MR) is 92.2 cm³/mol. The number of rotatable bonds is 6. The molecular formula is C17H28N2O2S. The van der Waals surface area contributed by atoms with Gasteiger partial charge in [-0.1, -0.05) is 19.8 Å². The molecule has 2 rings (SSSR count). The number of aryl methyl sites for hydroxylation is 1. The summed E-state index contributed by atoms with van der Waals surface area (Å²) in [5.74, 6) is 3.41. The van der Waals surface area contributed by atoms with Crippen LogP contribution in [-0.4, -0.2) is 35.7 Å². The SMILES string of the molecule is CCCCSCc1cc(C(=O)N2CCCC[C@H](N)C2)oc1C. The minimum Gasteiger partial charge on any atom is -0.456 e. The number of furan rings is 1. The van der Waals surface area contributed by atoms with Crippen LogP contribution in [0.1, 0.15) is 60.9 Å². The molecule has 1 fully saturated rings. The van der Waals surface area contributed by atoms with Gasteiger partial charge >= 0.3 is 0 Å². The molecule has 0 aromatic carbocycles. The molecule has 0 aliphatic carbocycles. The second kappa shape index (κ2) is 8.63. The van der Waals surface area contributed by atoms with E-state index >= 15 is 0 Å². The lowest BCUT2D eigenvalue weighted by Crippen LogP contribution is -2.39. The van der Waals surface area contributed by atoms with Crippen LogP contribution in [0.5, 0.6) is 0 Å². The van der Waals surface area contributed by atoms with Crippen molar-refractivity contribution in [1.29, 1.82) is 0 Å². The van der Waals surface area contributed by atoms with Crippen LogP contribution in [0.3, 0.4) is 0 Å². The Bertz CT molecular complexity index is 487. The Morgan fingerprint density at radius 3 is 3.09 bits per heavy atom. The minimum absolute atomic E-state index is 0.00902. The first-order chi connectivity index (χ1) is 10.6. The second-order valence-corrected chi connectivity index (χ2v) is 7.21. The second-order valence-electron chi connectivity index (χ2n) is 6.11. The van der Waals surface area contributed by atoms with Crippen molar-refractivity contribution in [3.63, 3.8) is 0 Å².